The molecule has 1 N–H and O–H groups in total. The smallest absolute Gasteiger partial charge is 0.314 e. The van der Waals surface area contributed by atoms with Gasteiger partial charge in [0.2, 0.25) is 5.91 Å². The lowest BCUT2D eigenvalue weighted by molar-refractivity contribution is -0.148. The Morgan fingerprint density at radius 1 is 0.815 bits per heavy atom. The lowest BCUT2D eigenvalue weighted by Gasteiger charge is -2.40. The van der Waals surface area contributed by atoms with Crippen molar-refractivity contribution in [2.24, 2.45) is 0 Å². The third-order valence-electron chi connectivity index (χ3n) is 6.20. The molecule has 0 spiro atoms. The molecular weight excluding hydrogens is 362 g/mol. The van der Waals surface area contributed by atoms with Crippen LogP contribution in [0.3, 0.4) is 0 Å². The van der Waals surface area contributed by atoms with Gasteiger partial charge in [0.15, 0.2) is 0 Å². The fourth-order valence-corrected chi connectivity index (χ4v) is 4.42. The summed E-state index contributed by atoms with van der Waals surface area (Å²) in [6.45, 7) is 0.935. The number of aliphatic carboxylic acids is 1. The van der Waals surface area contributed by atoms with E-state index in [9.17, 15) is 14.7 Å². The second kappa shape index (κ2) is 6.68. The van der Waals surface area contributed by atoms with E-state index in [0.29, 0.717) is 31.0 Å². The number of carboxylic acids is 1. The van der Waals surface area contributed by atoms with Crippen LogP contribution in [0.1, 0.15) is 36.8 Å². The van der Waals surface area contributed by atoms with Crippen LogP contribution in [0.5, 0.6) is 0 Å². The van der Waals surface area contributed by atoms with Crippen molar-refractivity contribution in [2.75, 3.05) is 13.1 Å². The van der Waals surface area contributed by atoms with Crippen LogP contribution < -0.4 is 0 Å². The van der Waals surface area contributed by atoms with Crippen molar-refractivity contribution >= 4 is 23.5 Å². The largest absolute Gasteiger partial charge is 0.481 e. The number of benzene rings is 2. The zero-order chi connectivity index (χ0) is 19.1. The van der Waals surface area contributed by atoms with Crippen molar-refractivity contribution in [2.45, 2.75) is 36.5 Å². The Morgan fingerprint density at radius 2 is 1.37 bits per heavy atom. The van der Waals surface area contributed by atoms with Gasteiger partial charge in [-0.2, -0.15) is 0 Å². The summed E-state index contributed by atoms with van der Waals surface area (Å²) in [4.78, 5) is 27.2. The molecule has 1 amide bonds. The van der Waals surface area contributed by atoms with Crippen LogP contribution >= 0.6 is 11.6 Å². The van der Waals surface area contributed by atoms with Crippen molar-refractivity contribution in [3.05, 3.63) is 70.7 Å². The highest BCUT2D eigenvalue weighted by molar-refractivity contribution is 6.30. The maximum absolute atomic E-state index is 13.2. The summed E-state index contributed by atoms with van der Waals surface area (Å²) >= 11 is 5.98. The molecule has 2 aromatic rings. The van der Waals surface area contributed by atoms with Gasteiger partial charge in [-0.25, -0.2) is 0 Å². The van der Waals surface area contributed by atoms with Gasteiger partial charge in [-0.05, 0) is 48.9 Å². The molecule has 0 atom stereocenters. The van der Waals surface area contributed by atoms with Crippen molar-refractivity contribution in [1.82, 2.24) is 4.90 Å². The average molecular weight is 384 g/mol. The second-order valence-electron chi connectivity index (χ2n) is 7.63. The van der Waals surface area contributed by atoms with E-state index < -0.39 is 16.8 Å². The fraction of sp³-hybridized carbons (Fsp3) is 0.364. The maximum Gasteiger partial charge on any atom is 0.314 e. The standard InChI is InChI=1S/C22H22ClNO3/c23-18-8-6-17(7-9-18)21(10-11-21)19(25)24-14-12-22(13-15-24,20(26)27)16-4-2-1-3-5-16/h1-9H,10-15H2,(H,26,27). The minimum absolute atomic E-state index is 0.122. The van der Waals surface area contributed by atoms with Gasteiger partial charge in [-0.15, -0.1) is 0 Å². The molecule has 27 heavy (non-hydrogen) atoms. The van der Waals surface area contributed by atoms with Crippen LogP contribution in [0.15, 0.2) is 54.6 Å². The van der Waals surface area contributed by atoms with Gasteiger partial charge in [-0.1, -0.05) is 54.1 Å². The first-order valence-electron chi connectivity index (χ1n) is 9.32. The predicted molar refractivity (Wildman–Crippen MR) is 104 cm³/mol. The van der Waals surface area contributed by atoms with Crippen molar-refractivity contribution in [3.8, 4) is 0 Å². The lowest BCUT2D eigenvalue weighted by atomic mass is 9.72. The minimum Gasteiger partial charge on any atom is -0.481 e. The molecule has 0 radical (unpaired) electrons. The van der Waals surface area contributed by atoms with E-state index in [1.165, 1.54) is 0 Å². The number of carbonyl (C=O) groups is 2. The molecule has 4 nitrogen and oxygen atoms in total. The van der Waals surface area contributed by atoms with Gasteiger partial charge in [-0.3, -0.25) is 9.59 Å². The molecule has 4 rings (SSSR count). The summed E-state index contributed by atoms with van der Waals surface area (Å²) in [5.74, 6) is -0.684. The number of hydrogen-bond acceptors (Lipinski definition) is 2. The number of nitrogens with zero attached hydrogens (tertiary/aromatic N) is 1. The zero-order valence-electron chi connectivity index (χ0n) is 15.0. The highest BCUT2D eigenvalue weighted by atomic mass is 35.5. The molecule has 2 fully saturated rings. The fourth-order valence-electron chi connectivity index (χ4n) is 4.30. The SMILES string of the molecule is O=C(O)C1(c2ccccc2)CCN(C(=O)C2(c3ccc(Cl)cc3)CC2)CC1. The quantitative estimate of drug-likeness (QED) is 0.867. The summed E-state index contributed by atoms with van der Waals surface area (Å²) in [5, 5.41) is 10.6. The van der Waals surface area contributed by atoms with Gasteiger partial charge in [0.1, 0.15) is 0 Å². The molecule has 2 aliphatic rings. The lowest BCUT2D eigenvalue weighted by Crippen LogP contribution is -2.51. The number of hydrogen-bond donors (Lipinski definition) is 1. The van der Waals surface area contributed by atoms with Gasteiger partial charge in [0.05, 0.1) is 10.8 Å². The highest BCUT2D eigenvalue weighted by Crippen LogP contribution is 2.50. The van der Waals surface area contributed by atoms with Gasteiger partial charge >= 0.3 is 5.97 Å². The average Bonchev–Trinajstić information content (AvgIpc) is 3.50. The maximum atomic E-state index is 13.2. The minimum atomic E-state index is -0.908. The monoisotopic (exact) mass is 383 g/mol. The molecule has 0 unspecified atom stereocenters. The van der Waals surface area contributed by atoms with Crippen LogP contribution in [0, 0.1) is 0 Å². The van der Waals surface area contributed by atoms with Crippen molar-refractivity contribution in [3.63, 3.8) is 0 Å². The van der Waals surface area contributed by atoms with E-state index in [0.717, 1.165) is 24.0 Å². The first-order valence-corrected chi connectivity index (χ1v) is 9.70. The Morgan fingerprint density at radius 3 is 1.89 bits per heavy atom. The molecule has 0 bridgehead atoms. The van der Waals surface area contributed by atoms with E-state index in [1.807, 2.05) is 59.5 Å². The van der Waals surface area contributed by atoms with Crippen LogP contribution in [0.2, 0.25) is 5.02 Å². The summed E-state index contributed by atoms with van der Waals surface area (Å²) < 4.78 is 0. The van der Waals surface area contributed by atoms with Gasteiger partial charge in [0, 0.05) is 18.1 Å². The molecule has 1 saturated heterocycles. The molecule has 2 aromatic carbocycles. The Balaban J connectivity index is 1.53. The van der Waals surface area contributed by atoms with E-state index in [-0.39, 0.29) is 5.91 Å². The summed E-state index contributed by atoms with van der Waals surface area (Å²) in [6.07, 6.45) is 2.56. The third kappa shape index (κ3) is 3.02. The van der Waals surface area contributed by atoms with E-state index in [2.05, 4.69) is 0 Å². The first-order chi connectivity index (χ1) is 13.0. The summed E-state index contributed by atoms with van der Waals surface area (Å²) in [6, 6.07) is 16.9. The molecule has 1 saturated carbocycles. The number of carbonyl (C=O) groups excluding carboxylic acids is 1. The Kier molecular flexibility index (Phi) is 4.47. The Bertz CT molecular complexity index is 851. The predicted octanol–water partition coefficient (Wildman–Crippen LogP) is 4.02. The third-order valence-corrected chi connectivity index (χ3v) is 6.45. The summed E-state index contributed by atoms with van der Waals surface area (Å²) in [7, 11) is 0. The summed E-state index contributed by atoms with van der Waals surface area (Å²) in [5.41, 5.74) is 0.480. The normalized spacial score (nSPS) is 20.1. The van der Waals surface area contributed by atoms with Crippen molar-refractivity contribution in [1.29, 1.82) is 0 Å². The van der Waals surface area contributed by atoms with Gasteiger partial charge in [0.25, 0.3) is 0 Å². The van der Waals surface area contributed by atoms with Crippen LogP contribution in [-0.4, -0.2) is 35.0 Å². The highest BCUT2D eigenvalue weighted by Gasteiger charge is 2.54. The van der Waals surface area contributed by atoms with E-state index in [4.69, 9.17) is 11.6 Å². The topological polar surface area (TPSA) is 57.6 Å². The molecule has 1 heterocycles. The number of piperidine rings is 1. The van der Waals surface area contributed by atoms with Gasteiger partial charge < -0.3 is 10.0 Å². The molecule has 1 aliphatic heterocycles. The molecule has 140 valence electrons. The number of carboxylic acid groups (broad SMARTS) is 1. The number of halogens is 1. The molecule has 5 heteroatoms. The number of amides is 1. The van der Waals surface area contributed by atoms with Crippen LogP contribution in [0.25, 0.3) is 0 Å². The van der Waals surface area contributed by atoms with Crippen molar-refractivity contribution < 1.29 is 14.7 Å². The van der Waals surface area contributed by atoms with Crippen LogP contribution in [0.4, 0.5) is 0 Å². The molecule has 1 aliphatic carbocycles. The Hall–Kier alpha value is -2.33. The first kappa shape index (κ1) is 18.1. The van der Waals surface area contributed by atoms with Crippen LogP contribution in [-0.2, 0) is 20.4 Å². The number of likely N-dealkylation sites (tertiary alicyclic amines) is 1. The van der Waals surface area contributed by atoms with E-state index >= 15 is 0 Å². The molecular formula is C22H22ClNO3. The number of rotatable bonds is 4. The second-order valence-corrected chi connectivity index (χ2v) is 8.07. The van der Waals surface area contributed by atoms with E-state index in [1.54, 1.807) is 0 Å². The Labute approximate surface area is 163 Å². The molecule has 0 aromatic heterocycles. The zero-order valence-corrected chi connectivity index (χ0v) is 15.8.